The van der Waals surface area contributed by atoms with Crippen LogP contribution in [0.15, 0.2) is 101 Å². The van der Waals surface area contributed by atoms with Crippen molar-refractivity contribution in [3.63, 3.8) is 0 Å². The van der Waals surface area contributed by atoms with E-state index in [4.69, 9.17) is 16.4 Å². The van der Waals surface area contributed by atoms with Crippen molar-refractivity contribution in [3.8, 4) is 16.9 Å². The fraction of sp³-hybridized carbons (Fsp3) is 0.0645. The number of aryl methyl sites for hydroxylation is 1. The molecule has 0 unspecified atom stereocenters. The van der Waals surface area contributed by atoms with Crippen LogP contribution in [-0.4, -0.2) is 18.0 Å². The number of rotatable bonds is 5. The molecule has 6 nitrogen and oxygen atoms in total. The predicted molar refractivity (Wildman–Crippen MR) is 150 cm³/mol. The van der Waals surface area contributed by atoms with Crippen LogP contribution in [0.1, 0.15) is 21.5 Å². The molecule has 0 heterocycles. The number of benzene rings is 5. The van der Waals surface area contributed by atoms with Gasteiger partial charge in [0.1, 0.15) is 11.4 Å². The molecule has 0 saturated heterocycles. The Hall–Kier alpha value is -4.52. The van der Waals surface area contributed by atoms with Gasteiger partial charge in [-0.3, -0.25) is 9.63 Å². The first-order chi connectivity index (χ1) is 18.5. The zero-order valence-electron chi connectivity index (χ0n) is 20.6. The number of fused-ring (bicyclic) bond motifs is 4. The summed E-state index contributed by atoms with van der Waals surface area (Å²) >= 11 is 6.43. The molecule has 0 saturated carbocycles. The van der Waals surface area contributed by atoms with Gasteiger partial charge in [0, 0.05) is 16.5 Å². The van der Waals surface area contributed by atoms with Gasteiger partial charge in [-0.2, -0.15) is 5.11 Å². The third kappa shape index (κ3) is 3.91. The van der Waals surface area contributed by atoms with E-state index in [0.29, 0.717) is 38.6 Å². The summed E-state index contributed by atoms with van der Waals surface area (Å²) in [4.78, 5) is 18.7. The topological polar surface area (TPSA) is 74.5 Å². The number of anilines is 2. The van der Waals surface area contributed by atoms with Crippen LogP contribution in [0.3, 0.4) is 0 Å². The van der Waals surface area contributed by atoms with Gasteiger partial charge in [0.25, 0.3) is 0 Å². The first-order valence-electron chi connectivity index (χ1n) is 12.0. The highest BCUT2D eigenvalue weighted by Gasteiger charge is 2.27. The van der Waals surface area contributed by atoms with Crippen molar-refractivity contribution in [1.29, 1.82) is 0 Å². The minimum Gasteiger partial charge on any atom is -0.504 e. The lowest BCUT2D eigenvalue weighted by Gasteiger charge is -2.24. The largest absolute Gasteiger partial charge is 0.504 e. The minimum absolute atomic E-state index is 0.0264. The van der Waals surface area contributed by atoms with Gasteiger partial charge >= 0.3 is 0 Å². The second-order valence-electron chi connectivity index (χ2n) is 9.05. The van der Waals surface area contributed by atoms with Crippen LogP contribution in [0.25, 0.3) is 21.9 Å². The van der Waals surface area contributed by atoms with E-state index in [-0.39, 0.29) is 17.2 Å². The fourth-order valence-electron chi connectivity index (χ4n) is 4.85. The zero-order valence-corrected chi connectivity index (χ0v) is 21.4. The lowest BCUT2D eigenvalue weighted by molar-refractivity contribution is 0.104. The summed E-state index contributed by atoms with van der Waals surface area (Å²) in [5.41, 5.74) is 5.85. The first-order valence-corrected chi connectivity index (χ1v) is 12.4. The summed E-state index contributed by atoms with van der Waals surface area (Å²) in [5.74, 6) is -0.143. The van der Waals surface area contributed by atoms with Crippen molar-refractivity contribution in [2.75, 3.05) is 12.2 Å². The van der Waals surface area contributed by atoms with E-state index < -0.39 is 0 Å². The zero-order chi connectivity index (χ0) is 26.4. The van der Waals surface area contributed by atoms with Crippen molar-refractivity contribution in [2.24, 2.45) is 10.2 Å². The standard InChI is InChI=1S/C31H22ClN3O3/c1-18-11-13-22-23-14-12-20(17-25(23)30(36)24(22)15-18)33-34-29-21-8-4-3-7-19(21)16-28(31(29)37)35(38-2)27-10-6-5-9-26(27)32/h3-17,37H,1-2H3. The first kappa shape index (κ1) is 23.9. The molecule has 0 aromatic heterocycles. The van der Waals surface area contributed by atoms with Crippen molar-refractivity contribution >= 4 is 50.9 Å². The Bertz CT molecular complexity index is 1780. The molecule has 0 atom stereocenters. The number of carbonyl (C=O) groups is 1. The van der Waals surface area contributed by atoms with Gasteiger partial charge in [0.05, 0.1) is 23.5 Å². The second kappa shape index (κ2) is 9.41. The molecule has 6 rings (SSSR count). The molecule has 0 fully saturated rings. The Labute approximate surface area is 224 Å². The number of carbonyl (C=O) groups excluding carboxylic acids is 1. The Kier molecular flexibility index (Phi) is 5.91. The van der Waals surface area contributed by atoms with Crippen LogP contribution in [0.4, 0.5) is 22.7 Å². The lowest BCUT2D eigenvalue weighted by atomic mass is 10.0. The average molecular weight is 520 g/mol. The molecule has 0 aliphatic heterocycles. The van der Waals surface area contributed by atoms with Crippen LogP contribution in [0.5, 0.6) is 5.75 Å². The van der Waals surface area contributed by atoms with E-state index in [1.54, 1.807) is 18.2 Å². The number of para-hydroxylation sites is 1. The number of phenols is 1. The van der Waals surface area contributed by atoms with E-state index in [2.05, 4.69) is 10.2 Å². The maximum absolute atomic E-state index is 13.1. The molecule has 5 aromatic rings. The average Bonchev–Trinajstić information content (AvgIpc) is 3.20. The number of azo groups is 1. The number of halogens is 1. The van der Waals surface area contributed by atoms with Crippen molar-refractivity contribution in [3.05, 3.63) is 113 Å². The maximum atomic E-state index is 13.1. The van der Waals surface area contributed by atoms with Gasteiger partial charge in [-0.15, -0.1) is 5.11 Å². The SMILES string of the molecule is CON(c1ccccc1Cl)c1cc2ccccc2c(N=Nc2ccc3c(c2)C(=O)c2cc(C)ccc2-3)c1O. The third-order valence-electron chi connectivity index (χ3n) is 6.67. The molecule has 1 aliphatic rings. The van der Waals surface area contributed by atoms with Crippen molar-refractivity contribution in [1.82, 2.24) is 0 Å². The summed E-state index contributed by atoms with van der Waals surface area (Å²) in [6.07, 6.45) is 0. The highest BCUT2D eigenvalue weighted by molar-refractivity contribution is 6.33. The maximum Gasteiger partial charge on any atom is 0.194 e. The molecule has 38 heavy (non-hydrogen) atoms. The summed E-state index contributed by atoms with van der Waals surface area (Å²) in [6, 6.07) is 27.9. The smallest absolute Gasteiger partial charge is 0.194 e. The molecule has 1 aliphatic carbocycles. The highest BCUT2D eigenvalue weighted by atomic mass is 35.5. The van der Waals surface area contributed by atoms with Gasteiger partial charge in [-0.05, 0) is 59.8 Å². The van der Waals surface area contributed by atoms with E-state index in [9.17, 15) is 9.90 Å². The quantitative estimate of drug-likeness (QED) is 0.182. The van der Waals surface area contributed by atoms with Crippen LogP contribution in [0, 0.1) is 6.92 Å². The van der Waals surface area contributed by atoms with Crippen LogP contribution in [-0.2, 0) is 4.84 Å². The molecule has 0 radical (unpaired) electrons. The molecule has 0 bridgehead atoms. The highest BCUT2D eigenvalue weighted by Crippen LogP contribution is 2.47. The Morgan fingerprint density at radius 3 is 2.29 bits per heavy atom. The van der Waals surface area contributed by atoms with E-state index in [1.165, 1.54) is 12.2 Å². The predicted octanol–water partition coefficient (Wildman–Crippen LogP) is 8.83. The minimum atomic E-state index is -0.116. The van der Waals surface area contributed by atoms with E-state index in [1.807, 2.05) is 79.7 Å². The van der Waals surface area contributed by atoms with Crippen LogP contribution < -0.4 is 5.06 Å². The molecular formula is C31H22ClN3O3. The second-order valence-corrected chi connectivity index (χ2v) is 9.46. The van der Waals surface area contributed by atoms with E-state index >= 15 is 0 Å². The number of aromatic hydroxyl groups is 1. The molecule has 0 amide bonds. The number of ketones is 1. The molecule has 5 aromatic carbocycles. The Balaban J connectivity index is 1.44. The summed E-state index contributed by atoms with van der Waals surface area (Å²) in [6.45, 7) is 1.97. The number of phenolic OH excluding ortho intramolecular Hbond substituents is 1. The van der Waals surface area contributed by atoms with Crippen molar-refractivity contribution in [2.45, 2.75) is 6.92 Å². The fourth-order valence-corrected chi connectivity index (χ4v) is 5.07. The summed E-state index contributed by atoms with van der Waals surface area (Å²) in [7, 11) is 1.50. The normalized spacial score (nSPS) is 12.2. The van der Waals surface area contributed by atoms with Gasteiger partial charge < -0.3 is 5.11 Å². The third-order valence-corrected chi connectivity index (χ3v) is 6.99. The van der Waals surface area contributed by atoms with Gasteiger partial charge in [-0.25, -0.2) is 5.06 Å². The van der Waals surface area contributed by atoms with E-state index in [0.717, 1.165) is 22.1 Å². The number of nitrogens with zero attached hydrogens (tertiary/aromatic N) is 3. The lowest BCUT2D eigenvalue weighted by Crippen LogP contribution is -2.15. The molecular weight excluding hydrogens is 498 g/mol. The van der Waals surface area contributed by atoms with Crippen molar-refractivity contribution < 1.29 is 14.7 Å². The monoisotopic (exact) mass is 519 g/mol. The summed E-state index contributed by atoms with van der Waals surface area (Å²) in [5, 5.41) is 23.7. The number of hydrogen-bond donors (Lipinski definition) is 1. The molecule has 186 valence electrons. The summed E-state index contributed by atoms with van der Waals surface area (Å²) < 4.78 is 0. The Morgan fingerprint density at radius 2 is 1.50 bits per heavy atom. The van der Waals surface area contributed by atoms with Gasteiger partial charge in [0.15, 0.2) is 11.5 Å². The van der Waals surface area contributed by atoms with Gasteiger partial charge in [-0.1, -0.05) is 71.8 Å². The molecule has 7 heteroatoms. The molecule has 0 spiro atoms. The Morgan fingerprint density at radius 1 is 0.789 bits per heavy atom. The van der Waals surface area contributed by atoms with Crippen LogP contribution >= 0.6 is 11.6 Å². The van der Waals surface area contributed by atoms with Crippen LogP contribution in [0.2, 0.25) is 5.02 Å². The van der Waals surface area contributed by atoms with Gasteiger partial charge in [0.2, 0.25) is 0 Å². The number of hydrogen-bond acceptors (Lipinski definition) is 6. The molecule has 1 N–H and O–H groups in total.